The summed E-state index contributed by atoms with van der Waals surface area (Å²) in [5, 5.41) is 12.5. The Labute approximate surface area is 195 Å². The summed E-state index contributed by atoms with van der Waals surface area (Å²) < 4.78 is 6.09. The molecule has 0 spiro atoms. The van der Waals surface area contributed by atoms with E-state index in [2.05, 4.69) is 56.5 Å². The molecule has 30 heavy (non-hydrogen) atoms. The first kappa shape index (κ1) is 22.5. The van der Waals surface area contributed by atoms with Gasteiger partial charge in [0.25, 0.3) is 0 Å². The summed E-state index contributed by atoms with van der Waals surface area (Å²) in [4.78, 5) is 9.31. The first-order valence-electron chi connectivity index (χ1n) is 10.1. The van der Waals surface area contributed by atoms with E-state index in [1.807, 2.05) is 31.3 Å². The fourth-order valence-electron chi connectivity index (χ4n) is 4.21. The molecule has 2 atom stereocenters. The van der Waals surface area contributed by atoms with Gasteiger partial charge in [-0.25, -0.2) is 0 Å². The van der Waals surface area contributed by atoms with Gasteiger partial charge < -0.3 is 15.0 Å². The molecule has 0 saturated carbocycles. The van der Waals surface area contributed by atoms with Crippen LogP contribution in [0.15, 0.2) is 59.6 Å². The molecule has 2 heterocycles. The summed E-state index contributed by atoms with van der Waals surface area (Å²) in [6.45, 7) is 5.06. The predicted molar refractivity (Wildman–Crippen MR) is 129 cm³/mol. The largest absolute Gasteiger partial charge is 0.373 e. The molecular formula is C23H28IN5O. The lowest BCUT2D eigenvalue weighted by Gasteiger charge is -2.36. The van der Waals surface area contributed by atoms with Gasteiger partial charge in [0.15, 0.2) is 5.96 Å². The standard InChI is InChI=1S/C23H27N5O.HI/c1-25-23(26-14-20-9-5-8-19(12-20)13-24)28-16-21-22(17-28)29-11-10-27(21)15-18-6-3-2-4-7-18;/h2-9,12,21-22H,10-11,14-17H2,1H3,(H,25,26);1H. The van der Waals surface area contributed by atoms with Crippen LogP contribution in [0.25, 0.3) is 0 Å². The van der Waals surface area contributed by atoms with E-state index in [1.54, 1.807) is 0 Å². The fraction of sp³-hybridized carbons (Fsp3) is 0.391. The van der Waals surface area contributed by atoms with E-state index in [4.69, 9.17) is 10.00 Å². The lowest BCUT2D eigenvalue weighted by Crippen LogP contribution is -2.50. The monoisotopic (exact) mass is 517 g/mol. The molecule has 2 aliphatic rings. The highest BCUT2D eigenvalue weighted by Gasteiger charge is 2.41. The van der Waals surface area contributed by atoms with Gasteiger partial charge in [-0.1, -0.05) is 42.5 Å². The van der Waals surface area contributed by atoms with Gasteiger partial charge in [-0.05, 0) is 23.3 Å². The van der Waals surface area contributed by atoms with Crippen LogP contribution < -0.4 is 5.32 Å². The van der Waals surface area contributed by atoms with Crippen LogP contribution in [0, 0.1) is 11.3 Å². The molecule has 0 radical (unpaired) electrons. The molecule has 0 bridgehead atoms. The maximum Gasteiger partial charge on any atom is 0.194 e. The van der Waals surface area contributed by atoms with E-state index in [-0.39, 0.29) is 30.1 Å². The number of guanidine groups is 1. The number of hydrogen-bond donors (Lipinski definition) is 1. The van der Waals surface area contributed by atoms with Crippen molar-refractivity contribution in [3.8, 4) is 6.07 Å². The van der Waals surface area contributed by atoms with Crippen molar-refractivity contribution in [1.82, 2.24) is 15.1 Å². The van der Waals surface area contributed by atoms with Crippen LogP contribution in [-0.2, 0) is 17.8 Å². The number of nitrogens with one attached hydrogen (secondary N) is 1. The summed E-state index contributed by atoms with van der Waals surface area (Å²) in [5.74, 6) is 0.880. The number of aliphatic imine (C=N–C) groups is 1. The third-order valence-electron chi connectivity index (χ3n) is 5.66. The third-order valence-corrected chi connectivity index (χ3v) is 5.66. The zero-order chi connectivity index (χ0) is 20.1. The Kier molecular flexibility index (Phi) is 8.08. The van der Waals surface area contributed by atoms with Crippen molar-refractivity contribution >= 4 is 29.9 Å². The highest BCUT2D eigenvalue weighted by atomic mass is 127. The van der Waals surface area contributed by atoms with Crippen LogP contribution in [0.5, 0.6) is 0 Å². The van der Waals surface area contributed by atoms with E-state index < -0.39 is 0 Å². The average molecular weight is 517 g/mol. The van der Waals surface area contributed by atoms with Crippen LogP contribution in [-0.4, -0.2) is 61.2 Å². The molecule has 2 aliphatic heterocycles. The topological polar surface area (TPSA) is 63.9 Å². The first-order valence-corrected chi connectivity index (χ1v) is 10.1. The van der Waals surface area contributed by atoms with Gasteiger partial charge >= 0.3 is 0 Å². The van der Waals surface area contributed by atoms with Gasteiger partial charge in [-0.3, -0.25) is 9.89 Å². The molecule has 158 valence electrons. The molecule has 0 aromatic heterocycles. The number of halogens is 1. The second-order valence-electron chi connectivity index (χ2n) is 7.55. The highest BCUT2D eigenvalue weighted by molar-refractivity contribution is 14.0. The van der Waals surface area contributed by atoms with Crippen molar-refractivity contribution in [2.45, 2.75) is 25.2 Å². The Balaban J connectivity index is 0.00000256. The minimum atomic E-state index is 0. The smallest absolute Gasteiger partial charge is 0.194 e. The minimum Gasteiger partial charge on any atom is -0.373 e. The fourth-order valence-corrected chi connectivity index (χ4v) is 4.21. The van der Waals surface area contributed by atoms with Crippen LogP contribution in [0.4, 0.5) is 0 Å². The van der Waals surface area contributed by atoms with Crippen molar-refractivity contribution in [3.05, 3.63) is 71.3 Å². The highest BCUT2D eigenvalue weighted by Crippen LogP contribution is 2.24. The molecule has 2 saturated heterocycles. The predicted octanol–water partition coefficient (Wildman–Crippen LogP) is 2.84. The first-order chi connectivity index (χ1) is 14.3. The molecular weight excluding hydrogens is 489 g/mol. The van der Waals surface area contributed by atoms with E-state index in [1.165, 1.54) is 5.56 Å². The van der Waals surface area contributed by atoms with Gasteiger partial charge in [0.1, 0.15) is 0 Å². The van der Waals surface area contributed by atoms with E-state index in [0.717, 1.165) is 44.3 Å². The number of rotatable bonds is 4. The zero-order valence-electron chi connectivity index (χ0n) is 17.2. The maximum atomic E-state index is 9.09. The number of ether oxygens (including phenoxy) is 1. The van der Waals surface area contributed by atoms with Crippen LogP contribution in [0.2, 0.25) is 0 Å². The maximum absolute atomic E-state index is 9.09. The minimum absolute atomic E-state index is 0. The van der Waals surface area contributed by atoms with E-state index >= 15 is 0 Å². The van der Waals surface area contributed by atoms with Crippen LogP contribution >= 0.6 is 24.0 Å². The second-order valence-corrected chi connectivity index (χ2v) is 7.55. The van der Waals surface area contributed by atoms with Gasteiger partial charge in [0.2, 0.25) is 0 Å². The second kappa shape index (κ2) is 10.8. The van der Waals surface area contributed by atoms with Crippen LogP contribution in [0.3, 0.4) is 0 Å². The zero-order valence-corrected chi connectivity index (χ0v) is 19.5. The molecule has 4 rings (SSSR count). The van der Waals surface area contributed by atoms with Crippen molar-refractivity contribution in [2.75, 3.05) is 33.3 Å². The number of nitriles is 1. The Hall–Kier alpha value is -2.15. The summed E-state index contributed by atoms with van der Waals surface area (Å²) in [7, 11) is 1.82. The van der Waals surface area contributed by atoms with Crippen molar-refractivity contribution in [3.63, 3.8) is 0 Å². The third kappa shape index (κ3) is 5.31. The Morgan fingerprint density at radius 2 is 1.97 bits per heavy atom. The molecule has 7 heteroatoms. The number of benzene rings is 2. The summed E-state index contributed by atoms with van der Waals surface area (Å²) in [6.07, 6.45) is 0.202. The quantitative estimate of drug-likeness (QED) is 0.384. The summed E-state index contributed by atoms with van der Waals surface area (Å²) in [6, 6.07) is 20.9. The number of morpholine rings is 1. The molecule has 6 nitrogen and oxygen atoms in total. The molecule has 2 aromatic rings. The average Bonchev–Trinajstić information content (AvgIpc) is 3.20. The lowest BCUT2D eigenvalue weighted by atomic mass is 10.1. The molecule has 2 unspecified atom stereocenters. The van der Waals surface area contributed by atoms with Crippen molar-refractivity contribution in [1.29, 1.82) is 5.26 Å². The lowest BCUT2D eigenvalue weighted by molar-refractivity contribution is -0.0502. The van der Waals surface area contributed by atoms with Gasteiger partial charge in [-0.15, -0.1) is 24.0 Å². The number of fused-ring (bicyclic) bond motifs is 1. The molecule has 2 aromatic carbocycles. The molecule has 0 aliphatic carbocycles. The van der Waals surface area contributed by atoms with E-state index in [9.17, 15) is 0 Å². The Morgan fingerprint density at radius 1 is 1.17 bits per heavy atom. The SMILES string of the molecule is CN=C(NCc1cccc(C#N)c1)N1CC2OCCN(Cc3ccccc3)C2C1.I. The van der Waals surface area contributed by atoms with Crippen molar-refractivity contribution in [2.24, 2.45) is 4.99 Å². The molecule has 0 amide bonds. The summed E-state index contributed by atoms with van der Waals surface area (Å²) >= 11 is 0. The van der Waals surface area contributed by atoms with Gasteiger partial charge in [0, 0.05) is 39.8 Å². The molecule has 1 N–H and O–H groups in total. The number of hydrogen-bond acceptors (Lipinski definition) is 4. The Morgan fingerprint density at radius 3 is 2.73 bits per heavy atom. The number of nitrogens with zero attached hydrogens (tertiary/aromatic N) is 4. The van der Waals surface area contributed by atoms with Gasteiger partial charge in [0.05, 0.1) is 30.4 Å². The Bertz CT molecular complexity index is 898. The van der Waals surface area contributed by atoms with Crippen LogP contribution in [0.1, 0.15) is 16.7 Å². The van der Waals surface area contributed by atoms with Crippen molar-refractivity contribution < 1.29 is 4.74 Å². The summed E-state index contributed by atoms with van der Waals surface area (Å²) in [5.41, 5.74) is 3.09. The van der Waals surface area contributed by atoms with Gasteiger partial charge in [-0.2, -0.15) is 5.26 Å². The molecule has 2 fully saturated rings. The van der Waals surface area contributed by atoms with E-state index in [0.29, 0.717) is 18.2 Å². The normalized spacial score (nSPS) is 21.5. The number of likely N-dealkylation sites (tertiary alicyclic amines) is 1.